The molecule has 23 heavy (non-hydrogen) atoms. The first-order chi connectivity index (χ1) is 11.1. The zero-order valence-corrected chi connectivity index (χ0v) is 13.9. The summed E-state index contributed by atoms with van der Waals surface area (Å²) in [5.41, 5.74) is 1.98. The fraction of sp³-hybridized carbons (Fsp3) is 0.333. The lowest BCUT2D eigenvalue weighted by molar-refractivity contribution is 0.566. The van der Waals surface area contributed by atoms with Gasteiger partial charge in [-0.25, -0.2) is 13.1 Å². The Hall–Kier alpha value is -1.85. The number of hydrogen-bond donors (Lipinski definition) is 1. The third-order valence-electron chi connectivity index (χ3n) is 4.20. The van der Waals surface area contributed by atoms with Gasteiger partial charge in [0.25, 0.3) is 0 Å². The highest BCUT2D eigenvalue weighted by Crippen LogP contribution is 2.24. The molecule has 122 valence electrons. The number of anilines is 1. The Morgan fingerprint density at radius 2 is 1.65 bits per heavy atom. The average Bonchev–Trinajstić information content (AvgIpc) is 3.03. The lowest BCUT2D eigenvalue weighted by atomic mass is 10.2. The summed E-state index contributed by atoms with van der Waals surface area (Å²) < 4.78 is 27.3. The van der Waals surface area contributed by atoms with E-state index in [4.69, 9.17) is 0 Å². The molecule has 0 aliphatic carbocycles. The number of para-hydroxylation sites is 1. The van der Waals surface area contributed by atoms with E-state index in [1.54, 1.807) is 0 Å². The molecule has 1 aliphatic rings. The minimum Gasteiger partial charge on any atom is -0.367 e. The van der Waals surface area contributed by atoms with Crippen LogP contribution in [0.15, 0.2) is 60.7 Å². The molecule has 0 radical (unpaired) electrons. The van der Waals surface area contributed by atoms with Crippen molar-refractivity contribution in [1.29, 1.82) is 0 Å². The highest BCUT2D eigenvalue weighted by molar-refractivity contribution is 7.88. The van der Waals surface area contributed by atoms with Gasteiger partial charge in [0.05, 0.1) is 5.75 Å². The largest absolute Gasteiger partial charge is 0.367 e. The normalized spacial score (nSPS) is 18.3. The highest BCUT2D eigenvalue weighted by Gasteiger charge is 2.26. The molecule has 0 unspecified atom stereocenters. The molecule has 1 fully saturated rings. The Morgan fingerprint density at radius 3 is 2.35 bits per heavy atom. The van der Waals surface area contributed by atoms with Crippen molar-refractivity contribution in [2.24, 2.45) is 0 Å². The highest BCUT2D eigenvalue weighted by atomic mass is 32.2. The van der Waals surface area contributed by atoms with Crippen molar-refractivity contribution in [2.75, 3.05) is 18.0 Å². The fourth-order valence-corrected chi connectivity index (χ4v) is 4.25. The smallest absolute Gasteiger partial charge is 0.215 e. The second-order valence-corrected chi connectivity index (χ2v) is 7.72. The Balaban J connectivity index is 1.61. The number of sulfonamides is 1. The van der Waals surface area contributed by atoms with E-state index in [-0.39, 0.29) is 11.8 Å². The van der Waals surface area contributed by atoms with E-state index in [9.17, 15) is 8.42 Å². The zero-order chi connectivity index (χ0) is 16.1. The van der Waals surface area contributed by atoms with Gasteiger partial charge in [-0.3, -0.25) is 0 Å². The Kier molecular flexibility index (Phi) is 4.98. The molecule has 0 amide bonds. The molecule has 1 atom stereocenters. The van der Waals surface area contributed by atoms with Crippen LogP contribution in [0.3, 0.4) is 0 Å². The maximum absolute atomic E-state index is 12.3. The van der Waals surface area contributed by atoms with E-state index in [0.717, 1.165) is 30.6 Å². The second kappa shape index (κ2) is 7.15. The molecular weight excluding hydrogens is 308 g/mol. The van der Waals surface area contributed by atoms with Gasteiger partial charge in [-0.05, 0) is 30.5 Å². The quantitative estimate of drug-likeness (QED) is 0.886. The van der Waals surface area contributed by atoms with Gasteiger partial charge >= 0.3 is 0 Å². The third kappa shape index (κ3) is 4.33. The fourth-order valence-electron chi connectivity index (χ4n) is 3.08. The zero-order valence-electron chi connectivity index (χ0n) is 13.1. The SMILES string of the molecule is O=S(=O)(Cc1ccccc1)NC[C@@H]1CCCN1c1ccccc1. The Labute approximate surface area is 138 Å². The van der Waals surface area contributed by atoms with Crippen LogP contribution in [-0.4, -0.2) is 27.5 Å². The standard InChI is InChI=1S/C18H22N2O2S/c21-23(22,15-16-8-3-1-4-9-16)19-14-18-12-7-13-20(18)17-10-5-2-6-11-17/h1-6,8-11,18-19H,7,12-15H2/t18-/m0/s1. The summed E-state index contributed by atoms with van der Waals surface area (Å²) in [5, 5.41) is 0. The minimum atomic E-state index is -3.30. The maximum atomic E-state index is 12.3. The summed E-state index contributed by atoms with van der Waals surface area (Å²) in [7, 11) is -3.30. The van der Waals surface area contributed by atoms with Crippen molar-refractivity contribution in [3.63, 3.8) is 0 Å². The predicted molar refractivity (Wildman–Crippen MR) is 93.9 cm³/mol. The van der Waals surface area contributed by atoms with Crippen molar-refractivity contribution < 1.29 is 8.42 Å². The van der Waals surface area contributed by atoms with Gasteiger partial charge in [-0.15, -0.1) is 0 Å². The molecule has 0 spiro atoms. The van der Waals surface area contributed by atoms with Gasteiger partial charge in [-0.2, -0.15) is 0 Å². The van der Waals surface area contributed by atoms with Gasteiger partial charge in [0.1, 0.15) is 0 Å². The molecule has 1 heterocycles. The Morgan fingerprint density at radius 1 is 1.00 bits per heavy atom. The van der Waals surface area contributed by atoms with E-state index < -0.39 is 10.0 Å². The van der Waals surface area contributed by atoms with Crippen LogP contribution in [0.1, 0.15) is 18.4 Å². The minimum absolute atomic E-state index is 0.0336. The van der Waals surface area contributed by atoms with Crippen LogP contribution >= 0.6 is 0 Å². The molecule has 1 aliphatic heterocycles. The van der Waals surface area contributed by atoms with Crippen LogP contribution in [-0.2, 0) is 15.8 Å². The molecule has 2 aromatic rings. The second-order valence-electron chi connectivity index (χ2n) is 5.92. The monoisotopic (exact) mass is 330 g/mol. The van der Waals surface area contributed by atoms with Crippen molar-refractivity contribution in [3.8, 4) is 0 Å². The van der Waals surface area contributed by atoms with E-state index in [1.807, 2.05) is 48.5 Å². The van der Waals surface area contributed by atoms with Gasteiger partial charge in [-0.1, -0.05) is 48.5 Å². The van der Waals surface area contributed by atoms with Crippen LogP contribution < -0.4 is 9.62 Å². The summed E-state index contributed by atoms with van der Waals surface area (Å²) in [4.78, 5) is 2.30. The Bertz CT molecular complexity index is 717. The molecule has 2 aromatic carbocycles. The molecule has 1 saturated heterocycles. The van der Waals surface area contributed by atoms with Gasteiger partial charge in [0, 0.05) is 24.8 Å². The van der Waals surface area contributed by atoms with Gasteiger partial charge in [0.2, 0.25) is 10.0 Å². The first kappa shape index (κ1) is 16.0. The first-order valence-electron chi connectivity index (χ1n) is 7.97. The molecule has 0 saturated carbocycles. The molecule has 0 aromatic heterocycles. The molecule has 0 bridgehead atoms. The van der Waals surface area contributed by atoms with E-state index >= 15 is 0 Å². The van der Waals surface area contributed by atoms with Crippen molar-refractivity contribution in [3.05, 3.63) is 66.2 Å². The molecule has 5 heteroatoms. The van der Waals surface area contributed by atoms with Gasteiger partial charge in [0.15, 0.2) is 0 Å². The van der Waals surface area contributed by atoms with Crippen molar-refractivity contribution in [1.82, 2.24) is 4.72 Å². The van der Waals surface area contributed by atoms with Crippen molar-refractivity contribution >= 4 is 15.7 Å². The maximum Gasteiger partial charge on any atom is 0.215 e. The number of hydrogen-bond acceptors (Lipinski definition) is 3. The van der Waals surface area contributed by atoms with Crippen LogP contribution in [0.25, 0.3) is 0 Å². The topological polar surface area (TPSA) is 49.4 Å². The number of nitrogens with zero attached hydrogens (tertiary/aromatic N) is 1. The average molecular weight is 330 g/mol. The molecule has 4 nitrogen and oxygen atoms in total. The van der Waals surface area contributed by atoms with E-state index in [0.29, 0.717) is 6.54 Å². The third-order valence-corrected chi connectivity index (χ3v) is 5.52. The van der Waals surface area contributed by atoms with Crippen LogP contribution in [0.4, 0.5) is 5.69 Å². The van der Waals surface area contributed by atoms with E-state index in [2.05, 4.69) is 21.8 Å². The summed E-state index contributed by atoms with van der Waals surface area (Å²) in [5.74, 6) is 0.0336. The lowest BCUT2D eigenvalue weighted by Gasteiger charge is -2.27. The number of benzene rings is 2. The van der Waals surface area contributed by atoms with Crippen LogP contribution in [0.2, 0.25) is 0 Å². The van der Waals surface area contributed by atoms with Crippen molar-refractivity contribution in [2.45, 2.75) is 24.6 Å². The summed E-state index contributed by atoms with van der Waals surface area (Å²) >= 11 is 0. The predicted octanol–water partition coefficient (Wildman–Crippen LogP) is 2.78. The molecule has 1 N–H and O–H groups in total. The number of rotatable bonds is 6. The first-order valence-corrected chi connectivity index (χ1v) is 9.62. The lowest BCUT2D eigenvalue weighted by Crippen LogP contribution is -2.40. The molecule has 3 rings (SSSR count). The summed E-state index contributed by atoms with van der Waals surface area (Å²) in [6.07, 6.45) is 2.11. The van der Waals surface area contributed by atoms with Crippen LogP contribution in [0.5, 0.6) is 0 Å². The summed E-state index contributed by atoms with van der Waals surface area (Å²) in [6.45, 7) is 1.44. The van der Waals surface area contributed by atoms with Gasteiger partial charge < -0.3 is 4.90 Å². The molecular formula is C18H22N2O2S. The number of nitrogens with one attached hydrogen (secondary N) is 1. The van der Waals surface area contributed by atoms with E-state index in [1.165, 1.54) is 0 Å². The summed E-state index contributed by atoms with van der Waals surface area (Å²) in [6, 6.07) is 19.7. The van der Waals surface area contributed by atoms with Crippen LogP contribution in [0, 0.1) is 0 Å².